The molecule has 0 unspecified atom stereocenters. The van der Waals surface area contributed by atoms with E-state index < -0.39 is 0 Å². The number of fused-ring (bicyclic) bond motifs is 8. The van der Waals surface area contributed by atoms with Gasteiger partial charge in [0.15, 0.2) is 5.82 Å². The summed E-state index contributed by atoms with van der Waals surface area (Å²) in [7, 11) is 0. The molecule has 60 heavy (non-hydrogen) atoms. The van der Waals surface area contributed by atoms with E-state index in [1.54, 1.807) is 0 Å². The van der Waals surface area contributed by atoms with Gasteiger partial charge in [0.05, 0.1) is 11.4 Å². The zero-order chi connectivity index (χ0) is 40.0. The van der Waals surface area contributed by atoms with Crippen molar-refractivity contribution >= 4 is 53.1 Å². The molecule has 1 aliphatic rings. The van der Waals surface area contributed by atoms with E-state index in [2.05, 4.69) is 202 Å². The van der Waals surface area contributed by atoms with Gasteiger partial charge in [0.25, 0.3) is 0 Å². The number of thiophene rings is 1. The van der Waals surface area contributed by atoms with E-state index >= 15 is 0 Å². The lowest BCUT2D eigenvalue weighted by atomic mass is 9.78. The molecule has 3 heteroatoms. The van der Waals surface area contributed by atoms with Gasteiger partial charge >= 0.3 is 0 Å². The van der Waals surface area contributed by atoms with Crippen molar-refractivity contribution in [2.24, 2.45) is 0 Å². The molecule has 9 aromatic carbocycles. The summed E-state index contributed by atoms with van der Waals surface area (Å²) in [6.07, 6.45) is 0. The van der Waals surface area contributed by atoms with Crippen LogP contribution in [0.2, 0.25) is 0 Å². The van der Waals surface area contributed by atoms with Gasteiger partial charge in [0.1, 0.15) is 0 Å². The number of benzene rings is 9. The smallest absolute Gasteiger partial charge is 0.160 e. The van der Waals surface area contributed by atoms with E-state index in [0.717, 1.165) is 39.3 Å². The summed E-state index contributed by atoms with van der Waals surface area (Å²) in [4.78, 5) is 10.6. The number of hydrogen-bond acceptors (Lipinski definition) is 3. The number of hydrogen-bond donors (Lipinski definition) is 0. The highest BCUT2D eigenvalue weighted by Crippen LogP contribution is 2.53. The molecule has 2 nitrogen and oxygen atoms in total. The van der Waals surface area contributed by atoms with E-state index in [1.807, 2.05) is 17.4 Å². The normalized spacial score (nSPS) is 13.0. The Balaban J connectivity index is 0.970. The minimum absolute atomic E-state index is 0.124. The van der Waals surface area contributed by atoms with Crippen molar-refractivity contribution in [2.45, 2.75) is 19.3 Å². The van der Waals surface area contributed by atoms with Gasteiger partial charge in [-0.05, 0) is 96.4 Å². The zero-order valence-corrected chi connectivity index (χ0v) is 34.1. The number of nitrogens with zero attached hydrogens (tertiary/aromatic N) is 2. The SMILES string of the molecule is CC1(C)c2cc3ccccc3cc2-c2cccc(-c3ccc(-c4ccc(-c5cc(-c6cccc7sc8ccccc8c67)nc(-c6ccccc6)n5)c5ccccc45)cc3)c21. The van der Waals surface area contributed by atoms with Crippen molar-refractivity contribution in [3.05, 3.63) is 205 Å². The van der Waals surface area contributed by atoms with Gasteiger partial charge in [-0.2, -0.15) is 0 Å². The van der Waals surface area contributed by atoms with Crippen LogP contribution in [0.4, 0.5) is 0 Å². The summed E-state index contributed by atoms with van der Waals surface area (Å²) in [5.41, 5.74) is 15.3. The second-order valence-corrected chi connectivity index (χ2v) is 17.6. The highest BCUT2D eigenvalue weighted by atomic mass is 32.1. The summed E-state index contributed by atoms with van der Waals surface area (Å²) in [6, 6.07) is 70.6. The average Bonchev–Trinajstić information content (AvgIpc) is 3.80. The summed E-state index contributed by atoms with van der Waals surface area (Å²) < 4.78 is 2.54. The Morgan fingerprint density at radius 2 is 0.950 bits per heavy atom. The molecule has 0 atom stereocenters. The molecule has 0 radical (unpaired) electrons. The van der Waals surface area contributed by atoms with Crippen LogP contribution in [0.3, 0.4) is 0 Å². The second-order valence-electron chi connectivity index (χ2n) is 16.5. The topological polar surface area (TPSA) is 25.8 Å². The molecule has 0 spiro atoms. The summed E-state index contributed by atoms with van der Waals surface area (Å²) in [6.45, 7) is 4.76. The molecular formula is C57H38N2S. The van der Waals surface area contributed by atoms with Gasteiger partial charge in [-0.3, -0.25) is 0 Å². The Kier molecular flexibility index (Phi) is 7.79. The number of aromatic nitrogens is 2. The first-order chi connectivity index (χ1) is 29.5. The second kappa shape index (κ2) is 13.4. The third kappa shape index (κ3) is 5.40. The molecule has 0 aliphatic heterocycles. The van der Waals surface area contributed by atoms with Crippen molar-refractivity contribution in [3.8, 4) is 67.3 Å². The first-order valence-electron chi connectivity index (χ1n) is 20.6. The first kappa shape index (κ1) is 34.8. The fourth-order valence-electron chi connectivity index (χ4n) is 9.84. The third-order valence-corrected chi connectivity index (χ3v) is 13.8. The highest BCUT2D eigenvalue weighted by molar-refractivity contribution is 7.25. The van der Waals surface area contributed by atoms with Crippen molar-refractivity contribution < 1.29 is 0 Å². The van der Waals surface area contributed by atoms with Crippen LogP contribution >= 0.6 is 11.3 Å². The average molecular weight is 783 g/mol. The molecule has 11 aromatic rings. The van der Waals surface area contributed by atoms with Crippen LogP contribution in [0.25, 0.3) is 109 Å². The lowest BCUT2D eigenvalue weighted by Gasteiger charge is -2.25. The van der Waals surface area contributed by atoms with Crippen LogP contribution in [0, 0.1) is 0 Å². The Labute approximate surface area is 353 Å². The predicted octanol–water partition coefficient (Wildman–Crippen LogP) is 15.8. The fourth-order valence-corrected chi connectivity index (χ4v) is 11.0. The van der Waals surface area contributed by atoms with Crippen molar-refractivity contribution in [1.29, 1.82) is 0 Å². The summed E-state index contributed by atoms with van der Waals surface area (Å²) in [5, 5.41) is 7.44. The van der Waals surface area contributed by atoms with E-state index in [9.17, 15) is 0 Å². The zero-order valence-electron chi connectivity index (χ0n) is 33.3. The standard InChI is InChI=1S/C57H38N2S/c1-57(2)49-33-39-17-7-6-16-38(39)32-48(49)45-22-12-21-41(55(45)57)36-28-26-35(27-29-36)40-30-31-44(43-19-9-8-18-42(40)43)50-34-51(59-56(58-50)37-14-4-3-5-15-37)46-23-13-25-53-54(46)47-20-10-11-24-52(47)60-53/h3-34H,1-2H3. The van der Waals surface area contributed by atoms with Crippen molar-refractivity contribution in [3.63, 3.8) is 0 Å². The fraction of sp³-hybridized carbons (Fsp3) is 0.0526. The van der Waals surface area contributed by atoms with E-state index in [-0.39, 0.29) is 5.41 Å². The van der Waals surface area contributed by atoms with Crippen LogP contribution in [-0.4, -0.2) is 9.97 Å². The molecule has 12 rings (SSSR count). The summed E-state index contributed by atoms with van der Waals surface area (Å²) >= 11 is 1.83. The summed E-state index contributed by atoms with van der Waals surface area (Å²) in [5.74, 6) is 0.718. The van der Waals surface area contributed by atoms with Gasteiger partial charge in [0, 0.05) is 42.3 Å². The maximum atomic E-state index is 5.29. The Hall–Kier alpha value is -7.20. The monoisotopic (exact) mass is 782 g/mol. The quantitative estimate of drug-likeness (QED) is 0.174. The molecule has 2 aromatic heterocycles. The van der Waals surface area contributed by atoms with Gasteiger partial charge in [-0.1, -0.05) is 178 Å². The minimum atomic E-state index is -0.124. The first-order valence-corrected chi connectivity index (χ1v) is 21.5. The van der Waals surface area contributed by atoms with Gasteiger partial charge < -0.3 is 0 Å². The van der Waals surface area contributed by atoms with E-state index in [0.29, 0.717) is 0 Å². The largest absolute Gasteiger partial charge is 0.228 e. The van der Waals surface area contributed by atoms with Crippen molar-refractivity contribution in [1.82, 2.24) is 9.97 Å². The molecule has 282 valence electrons. The Morgan fingerprint density at radius 1 is 0.383 bits per heavy atom. The van der Waals surface area contributed by atoms with Gasteiger partial charge in [-0.25, -0.2) is 9.97 Å². The lowest BCUT2D eigenvalue weighted by molar-refractivity contribution is 0.663. The number of rotatable bonds is 5. The van der Waals surface area contributed by atoms with Crippen LogP contribution in [-0.2, 0) is 5.41 Å². The maximum absolute atomic E-state index is 5.29. The molecule has 0 amide bonds. The molecule has 0 saturated carbocycles. The highest BCUT2D eigenvalue weighted by Gasteiger charge is 2.37. The minimum Gasteiger partial charge on any atom is -0.228 e. The third-order valence-electron chi connectivity index (χ3n) is 12.7. The van der Waals surface area contributed by atoms with E-state index in [4.69, 9.17) is 9.97 Å². The molecule has 0 saturated heterocycles. The van der Waals surface area contributed by atoms with Crippen LogP contribution in [0.1, 0.15) is 25.0 Å². The van der Waals surface area contributed by atoms with Crippen molar-refractivity contribution in [2.75, 3.05) is 0 Å². The molecule has 0 fully saturated rings. The van der Waals surface area contributed by atoms with E-state index in [1.165, 1.54) is 80.8 Å². The molecule has 2 heterocycles. The lowest BCUT2D eigenvalue weighted by Crippen LogP contribution is -2.16. The van der Waals surface area contributed by atoms with Crippen LogP contribution in [0.5, 0.6) is 0 Å². The van der Waals surface area contributed by atoms with Gasteiger partial charge in [-0.15, -0.1) is 11.3 Å². The van der Waals surface area contributed by atoms with Gasteiger partial charge in [0.2, 0.25) is 0 Å². The molecule has 0 bridgehead atoms. The van der Waals surface area contributed by atoms with Crippen LogP contribution < -0.4 is 0 Å². The Morgan fingerprint density at radius 3 is 1.73 bits per heavy atom. The maximum Gasteiger partial charge on any atom is 0.160 e. The molecule has 1 aliphatic carbocycles. The van der Waals surface area contributed by atoms with Crippen LogP contribution in [0.15, 0.2) is 194 Å². The predicted molar refractivity (Wildman–Crippen MR) is 255 cm³/mol. The molecule has 0 N–H and O–H groups in total. The molecular weight excluding hydrogens is 745 g/mol. The Bertz CT molecular complexity index is 3500.